The fourth-order valence-corrected chi connectivity index (χ4v) is 3.80. The quantitative estimate of drug-likeness (QED) is 0.565. The smallest absolute Gasteiger partial charge is 0.339 e. The number of nitriles is 1. The number of likely N-dealkylation sites (tertiary alicyclic amines) is 1. The van der Waals surface area contributed by atoms with E-state index in [0.29, 0.717) is 16.9 Å². The molecule has 1 amide bonds. The van der Waals surface area contributed by atoms with Gasteiger partial charge in [0.25, 0.3) is 0 Å². The summed E-state index contributed by atoms with van der Waals surface area (Å²) in [6.45, 7) is 1.79. The molecule has 3 rings (SSSR count). The van der Waals surface area contributed by atoms with Gasteiger partial charge in [-0.3, -0.25) is 4.79 Å². The van der Waals surface area contributed by atoms with Gasteiger partial charge in [0, 0.05) is 18.0 Å². The van der Waals surface area contributed by atoms with Gasteiger partial charge in [0.2, 0.25) is 5.91 Å². The van der Waals surface area contributed by atoms with Gasteiger partial charge in [-0.05, 0) is 42.7 Å². The van der Waals surface area contributed by atoms with Crippen LogP contribution in [0.5, 0.6) is 0 Å². The maximum absolute atomic E-state index is 12.5. The van der Waals surface area contributed by atoms with Gasteiger partial charge in [0.1, 0.15) is 6.61 Å². The Hall–Kier alpha value is -2.78. The number of carbonyl (C=O) groups is 2. The molecule has 0 N–H and O–H groups in total. The maximum atomic E-state index is 12.5. The van der Waals surface area contributed by atoms with Crippen LogP contribution in [0.15, 0.2) is 53.4 Å². The number of esters is 1. The second kappa shape index (κ2) is 9.24. The van der Waals surface area contributed by atoms with Crippen molar-refractivity contribution in [1.82, 2.24) is 4.90 Å². The third kappa shape index (κ3) is 5.11. The first-order valence-electron chi connectivity index (χ1n) is 8.83. The van der Waals surface area contributed by atoms with Crippen molar-refractivity contribution >= 4 is 23.6 Å². The zero-order valence-electron chi connectivity index (χ0n) is 14.9. The Morgan fingerprint density at radius 2 is 1.78 bits per heavy atom. The van der Waals surface area contributed by atoms with Gasteiger partial charge in [-0.2, -0.15) is 5.26 Å². The molecule has 0 aliphatic carbocycles. The number of rotatable bonds is 6. The van der Waals surface area contributed by atoms with E-state index in [9.17, 15) is 9.59 Å². The molecule has 1 fully saturated rings. The van der Waals surface area contributed by atoms with E-state index >= 15 is 0 Å². The molecule has 0 aromatic heterocycles. The number of hydrogen-bond acceptors (Lipinski definition) is 5. The number of amides is 1. The van der Waals surface area contributed by atoms with E-state index in [1.807, 2.05) is 17.0 Å². The van der Waals surface area contributed by atoms with Crippen molar-refractivity contribution in [2.75, 3.05) is 18.8 Å². The third-order valence-corrected chi connectivity index (χ3v) is 5.43. The Bertz CT molecular complexity index is 852. The summed E-state index contributed by atoms with van der Waals surface area (Å²) in [6, 6.07) is 16.1. The monoisotopic (exact) mass is 380 g/mol. The van der Waals surface area contributed by atoms with Crippen molar-refractivity contribution < 1.29 is 14.3 Å². The van der Waals surface area contributed by atoms with Crippen molar-refractivity contribution in [2.45, 2.75) is 24.3 Å². The van der Waals surface area contributed by atoms with E-state index < -0.39 is 5.97 Å². The van der Waals surface area contributed by atoms with E-state index in [4.69, 9.17) is 10.00 Å². The highest BCUT2D eigenvalue weighted by Crippen LogP contribution is 2.24. The van der Waals surface area contributed by atoms with Gasteiger partial charge in [-0.1, -0.05) is 24.3 Å². The lowest BCUT2D eigenvalue weighted by molar-refractivity contribution is -0.127. The minimum atomic E-state index is -0.420. The Balaban J connectivity index is 1.59. The Labute approximate surface area is 162 Å². The van der Waals surface area contributed by atoms with Gasteiger partial charge < -0.3 is 9.64 Å². The molecule has 0 spiro atoms. The molecule has 0 radical (unpaired) electrons. The first-order chi connectivity index (χ1) is 13.2. The summed E-state index contributed by atoms with van der Waals surface area (Å²) >= 11 is 1.37. The van der Waals surface area contributed by atoms with Gasteiger partial charge in [0.15, 0.2) is 0 Å². The first-order valence-corrected chi connectivity index (χ1v) is 9.81. The number of thioether (sulfide) groups is 1. The van der Waals surface area contributed by atoms with Gasteiger partial charge >= 0.3 is 5.97 Å². The van der Waals surface area contributed by atoms with Crippen LogP contribution in [0.1, 0.15) is 34.3 Å². The van der Waals surface area contributed by atoms with Crippen LogP contribution >= 0.6 is 11.8 Å². The fourth-order valence-electron chi connectivity index (χ4n) is 2.86. The summed E-state index contributed by atoms with van der Waals surface area (Å²) in [6.07, 6.45) is 2.13. The van der Waals surface area contributed by atoms with E-state index in [0.717, 1.165) is 36.4 Å². The van der Waals surface area contributed by atoms with Crippen molar-refractivity contribution in [1.29, 1.82) is 5.26 Å². The molecule has 1 heterocycles. The van der Waals surface area contributed by atoms with Gasteiger partial charge in [0.05, 0.1) is 22.9 Å². The minimum Gasteiger partial charge on any atom is -0.457 e. The lowest BCUT2D eigenvalue weighted by Crippen LogP contribution is -2.29. The number of carbonyl (C=O) groups excluding carboxylic acids is 2. The van der Waals surface area contributed by atoms with Crippen molar-refractivity contribution in [3.8, 4) is 6.07 Å². The van der Waals surface area contributed by atoms with Gasteiger partial charge in [-0.15, -0.1) is 11.8 Å². The largest absolute Gasteiger partial charge is 0.457 e. The second-order valence-corrected chi connectivity index (χ2v) is 7.27. The Kier molecular flexibility index (Phi) is 6.50. The zero-order chi connectivity index (χ0) is 19.1. The van der Waals surface area contributed by atoms with Crippen molar-refractivity contribution in [3.05, 3.63) is 65.2 Å². The highest BCUT2D eigenvalue weighted by molar-refractivity contribution is 8.00. The average molecular weight is 380 g/mol. The maximum Gasteiger partial charge on any atom is 0.339 e. The first kappa shape index (κ1) is 19.0. The number of hydrogen-bond donors (Lipinski definition) is 0. The molecule has 138 valence electrons. The molecule has 0 bridgehead atoms. The van der Waals surface area contributed by atoms with Crippen LogP contribution in [-0.2, 0) is 16.1 Å². The van der Waals surface area contributed by atoms with Crippen LogP contribution in [0.3, 0.4) is 0 Å². The molecule has 0 saturated carbocycles. The fraction of sp³-hybridized carbons (Fsp3) is 0.286. The molecule has 0 atom stereocenters. The number of ether oxygens (including phenoxy) is 1. The third-order valence-electron chi connectivity index (χ3n) is 4.37. The van der Waals surface area contributed by atoms with Crippen LogP contribution in [0, 0.1) is 11.3 Å². The predicted octanol–water partition coefficient (Wildman–Crippen LogP) is 3.63. The molecule has 1 saturated heterocycles. The summed E-state index contributed by atoms with van der Waals surface area (Å²) in [5.41, 5.74) is 1.84. The lowest BCUT2D eigenvalue weighted by Gasteiger charge is -2.15. The minimum absolute atomic E-state index is 0.109. The van der Waals surface area contributed by atoms with Crippen molar-refractivity contribution in [3.63, 3.8) is 0 Å². The average Bonchev–Trinajstić information content (AvgIpc) is 3.26. The summed E-state index contributed by atoms with van der Waals surface area (Å²) < 4.78 is 5.40. The van der Waals surface area contributed by atoms with Crippen LogP contribution in [0.25, 0.3) is 0 Å². The van der Waals surface area contributed by atoms with Crippen LogP contribution in [0.2, 0.25) is 0 Å². The molecule has 2 aromatic carbocycles. The summed E-state index contributed by atoms with van der Waals surface area (Å²) in [4.78, 5) is 27.3. The highest BCUT2D eigenvalue weighted by atomic mass is 32.2. The molecule has 1 aliphatic rings. The topological polar surface area (TPSA) is 70.4 Å². The molecular weight excluding hydrogens is 360 g/mol. The normalized spacial score (nSPS) is 13.2. The molecule has 6 heteroatoms. The number of benzene rings is 2. The lowest BCUT2D eigenvalue weighted by atomic mass is 10.1. The molecule has 2 aromatic rings. The van der Waals surface area contributed by atoms with Crippen LogP contribution in [0.4, 0.5) is 0 Å². The zero-order valence-corrected chi connectivity index (χ0v) is 15.7. The molecule has 5 nitrogen and oxygen atoms in total. The molecule has 0 unspecified atom stereocenters. The molecular formula is C21H20N2O3S. The highest BCUT2D eigenvalue weighted by Gasteiger charge is 2.19. The van der Waals surface area contributed by atoms with Crippen LogP contribution < -0.4 is 0 Å². The second-order valence-electron chi connectivity index (χ2n) is 6.26. The Morgan fingerprint density at radius 3 is 2.48 bits per heavy atom. The standard InChI is InChI=1S/C21H20N2O3S/c22-13-16-7-9-17(10-8-16)14-26-21(25)18-5-1-2-6-19(18)27-15-20(24)23-11-3-4-12-23/h1-2,5-10H,3-4,11-12,14-15H2. The van der Waals surface area contributed by atoms with E-state index in [-0.39, 0.29) is 12.5 Å². The van der Waals surface area contributed by atoms with E-state index in [2.05, 4.69) is 6.07 Å². The van der Waals surface area contributed by atoms with Crippen LogP contribution in [-0.4, -0.2) is 35.6 Å². The molecule has 1 aliphatic heterocycles. The predicted molar refractivity (Wildman–Crippen MR) is 103 cm³/mol. The van der Waals surface area contributed by atoms with Gasteiger partial charge in [-0.25, -0.2) is 4.79 Å². The van der Waals surface area contributed by atoms with Crippen molar-refractivity contribution in [2.24, 2.45) is 0 Å². The Morgan fingerprint density at radius 1 is 1.07 bits per heavy atom. The number of nitrogens with zero attached hydrogens (tertiary/aromatic N) is 2. The summed E-state index contributed by atoms with van der Waals surface area (Å²) in [5.74, 6) is 0.00856. The van der Waals surface area contributed by atoms with E-state index in [1.165, 1.54) is 11.8 Å². The molecule has 27 heavy (non-hydrogen) atoms. The van der Waals surface area contributed by atoms with E-state index in [1.54, 1.807) is 36.4 Å². The summed E-state index contributed by atoms with van der Waals surface area (Å²) in [7, 11) is 0. The SMILES string of the molecule is N#Cc1ccc(COC(=O)c2ccccc2SCC(=O)N2CCCC2)cc1. The summed E-state index contributed by atoms with van der Waals surface area (Å²) in [5, 5.41) is 8.82.